The van der Waals surface area contributed by atoms with Gasteiger partial charge < -0.3 is 5.32 Å². The molecule has 30 heavy (non-hydrogen) atoms. The third kappa shape index (κ3) is 6.05. The van der Waals surface area contributed by atoms with Gasteiger partial charge in [0.05, 0.1) is 28.2 Å². The van der Waals surface area contributed by atoms with Crippen molar-refractivity contribution in [3.8, 4) is 0 Å². The third-order valence-corrected chi connectivity index (χ3v) is 4.67. The molecule has 0 spiro atoms. The van der Waals surface area contributed by atoms with Gasteiger partial charge in [0.1, 0.15) is 0 Å². The van der Waals surface area contributed by atoms with Crippen LogP contribution >= 0.6 is 0 Å². The normalized spacial score (nSPS) is 14.4. The van der Waals surface area contributed by atoms with Crippen LogP contribution in [-0.4, -0.2) is 10.9 Å². The standard InChI is InChI=1S/C24H27F3N2O/c1-5-7-10-19-15-21(17(4)28-22(19)13-8-6-2)23(30)29-16(3)18-11-9-12-20(14-18)24(25,26)27/h5,7,9-16H,6,8H2,1-4H3,(H,29,30). The van der Waals surface area contributed by atoms with Gasteiger partial charge in [0.25, 0.3) is 5.91 Å². The highest BCUT2D eigenvalue weighted by atomic mass is 19.4. The summed E-state index contributed by atoms with van der Waals surface area (Å²) in [5.74, 6) is -0.373. The van der Waals surface area contributed by atoms with E-state index in [1.165, 1.54) is 6.07 Å². The Morgan fingerprint density at radius 3 is 2.63 bits per heavy atom. The molecule has 0 saturated heterocycles. The number of aryl methyl sites for hydroxylation is 1. The van der Waals surface area contributed by atoms with Crippen LogP contribution in [0, 0.1) is 6.92 Å². The van der Waals surface area contributed by atoms with Crippen molar-refractivity contribution in [3.63, 3.8) is 0 Å². The first-order chi connectivity index (χ1) is 14.2. The highest BCUT2D eigenvalue weighted by Crippen LogP contribution is 2.30. The fraction of sp³-hybridized carbons (Fsp3) is 0.333. The second-order valence-electron chi connectivity index (χ2n) is 7.10. The van der Waals surface area contributed by atoms with Crippen molar-refractivity contribution < 1.29 is 18.0 Å². The summed E-state index contributed by atoms with van der Waals surface area (Å²) in [6.45, 7) is 7.40. The third-order valence-electron chi connectivity index (χ3n) is 4.67. The molecule has 1 unspecified atom stereocenters. The summed E-state index contributed by atoms with van der Waals surface area (Å²) >= 11 is 0. The van der Waals surface area contributed by atoms with Crippen molar-refractivity contribution in [1.29, 1.82) is 0 Å². The van der Waals surface area contributed by atoms with E-state index in [-0.39, 0.29) is 5.91 Å². The number of hydrogen-bond acceptors (Lipinski definition) is 2. The minimum atomic E-state index is -4.43. The van der Waals surface area contributed by atoms with E-state index in [2.05, 4.69) is 17.2 Å². The summed E-state index contributed by atoms with van der Waals surface area (Å²) in [5.41, 5.74) is 0.623. The molecule has 0 aliphatic carbocycles. The van der Waals surface area contributed by atoms with Gasteiger partial charge in [0.2, 0.25) is 0 Å². The van der Waals surface area contributed by atoms with Gasteiger partial charge in [0, 0.05) is 5.22 Å². The highest BCUT2D eigenvalue weighted by molar-refractivity contribution is 5.95. The molecule has 3 nitrogen and oxygen atoms in total. The summed E-state index contributed by atoms with van der Waals surface area (Å²) in [6, 6.07) is 6.17. The maximum absolute atomic E-state index is 13.0. The molecule has 160 valence electrons. The molecule has 1 heterocycles. The molecule has 0 bridgehead atoms. The van der Waals surface area contributed by atoms with Gasteiger partial charge >= 0.3 is 6.18 Å². The molecule has 2 rings (SSSR count). The van der Waals surface area contributed by atoms with Crippen LogP contribution in [0.1, 0.15) is 66.8 Å². The summed E-state index contributed by atoms with van der Waals surface area (Å²) < 4.78 is 38.9. The second kappa shape index (κ2) is 10.2. The highest BCUT2D eigenvalue weighted by Gasteiger charge is 2.30. The maximum Gasteiger partial charge on any atom is 0.416 e. The molecule has 1 amide bonds. The zero-order chi connectivity index (χ0) is 22.3. The van der Waals surface area contributed by atoms with Crippen molar-refractivity contribution in [3.05, 3.63) is 75.4 Å². The lowest BCUT2D eigenvalue weighted by atomic mass is 10.0. The fourth-order valence-electron chi connectivity index (χ4n) is 2.99. The number of nitrogens with zero attached hydrogens (tertiary/aromatic N) is 1. The molecule has 1 aromatic heterocycles. The Morgan fingerprint density at radius 2 is 2.00 bits per heavy atom. The molecular weight excluding hydrogens is 389 g/mol. The first-order valence-electron chi connectivity index (χ1n) is 9.96. The number of hydrogen-bond donors (Lipinski definition) is 1. The monoisotopic (exact) mass is 416 g/mol. The summed E-state index contributed by atoms with van der Waals surface area (Å²) in [4.78, 5) is 17.4. The molecule has 1 N–H and O–H groups in total. The van der Waals surface area contributed by atoms with Crippen molar-refractivity contribution in [2.24, 2.45) is 0 Å². The van der Waals surface area contributed by atoms with Crippen LogP contribution < -0.4 is 15.9 Å². The van der Waals surface area contributed by atoms with Gasteiger partial charge in [-0.2, -0.15) is 13.2 Å². The van der Waals surface area contributed by atoms with Gasteiger partial charge in [-0.15, -0.1) is 0 Å². The summed E-state index contributed by atoms with van der Waals surface area (Å²) in [6.07, 6.45) is 5.13. The van der Waals surface area contributed by atoms with Crippen LogP contribution in [0.2, 0.25) is 0 Å². The topological polar surface area (TPSA) is 42.0 Å². The zero-order valence-corrected chi connectivity index (χ0v) is 17.7. The molecule has 0 aliphatic rings. The van der Waals surface area contributed by atoms with E-state index in [1.54, 1.807) is 26.0 Å². The van der Waals surface area contributed by atoms with E-state index in [1.807, 2.05) is 31.2 Å². The van der Waals surface area contributed by atoms with Crippen molar-refractivity contribution in [2.75, 3.05) is 0 Å². The Kier molecular flexibility index (Phi) is 7.98. The van der Waals surface area contributed by atoms with Gasteiger partial charge in [-0.3, -0.25) is 9.78 Å². The Bertz CT molecular complexity index is 1040. The van der Waals surface area contributed by atoms with Crippen LogP contribution in [0.4, 0.5) is 13.2 Å². The van der Waals surface area contributed by atoms with Crippen molar-refractivity contribution >= 4 is 18.1 Å². The van der Waals surface area contributed by atoms with Crippen LogP contribution in [0.5, 0.6) is 0 Å². The van der Waals surface area contributed by atoms with E-state index in [9.17, 15) is 18.0 Å². The van der Waals surface area contributed by atoms with Gasteiger partial charge in [0.15, 0.2) is 0 Å². The predicted octanol–water partition coefficient (Wildman–Crippen LogP) is 4.84. The minimum absolute atomic E-state index is 0.373. The number of allylic oxidation sites excluding steroid dienone is 2. The van der Waals surface area contributed by atoms with E-state index in [0.717, 1.165) is 35.5 Å². The quantitative estimate of drug-likeness (QED) is 0.732. The summed E-state index contributed by atoms with van der Waals surface area (Å²) in [7, 11) is 0. The van der Waals surface area contributed by atoms with E-state index in [4.69, 9.17) is 0 Å². The molecule has 2 aromatic rings. The molecular formula is C24H27F3N2O. The number of nitrogens with one attached hydrogen (secondary N) is 1. The van der Waals surface area contributed by atoms with E-state index in [0.29, 0.717) is 16.8 Å². The number of alkyl halides is 3. The number of aromatic nitrogens is 1. The molecule has 0 fully saturated rings. The lowest BCUT2D eigenvalue weighted by Crippen LogP contribution is -2.34. The minimum Gasteiger partial charge on any atom is -0.345 e. The SMILES string of the molecule is CC=CC=c1cc(C(=O)NC(C)c2cccc(C(F)(F)F)c2)c(C)nc1=CCCC. The van der Waals surface area contributed by atoms with Crippen LogP contribution in [-0.2, 0) is 6.18 Å². The van der Waals surface area contributed by atoms with Gasteiger partial charge in [-0.25, -0.2) is 0 Å². The largest absolute Gasteiger partial charge is 0.416 e. The Labute approximate surface area is 175 Å². The average Bonchev–Trinajstić information content (AvgIpc) is 2.70. The molecule has 1 aromatic carbocycles. The van der Waals surface area contributed by atoms with Crippen molar-refractivity contribution in [1.82, 2.24) is 10.3 Å². The molecule has 0 radical (unpaired) electrons. The number of carbonyl (C=O) groups is 1. The van der Waals surface area contributed by atoms with Gasteiger partial charge in [-0.05, 0) is 51.0 Å². The molecule has 0 saturated carbocycles. The number of unbranched alkanes of at least 4 members (excludes halogenated alkanes) is 1. The Balaban J connectivity index is 2.37. The number of pyridine rings is 1. The fourth-order valence-corrected chi connectivity index (χ4v) is 2.99. The smallest absolute Gasteiger partial charge is 0.345 e. The Hall–Kier alpha value is -2.89. The number of rotatable bonds is 6. The lowest BCUT2D eigenvalue weighted by molar-refractivity contribution is -0.137. The van der Waals surface area contributed by atoms with E-state index >= 15 is 0 Å². The maximum atomic E-state index is 13.0. The van der Waals surface area contributed by atoms with Gasteiger partial charge in [-0.1, -0.05) is 49.8 Å². The number of amides is 1. The molecule has 1 atom stereocenters. The molecule has 0 aliphatic heterocycles. The van der Waals surface area contributed by atoms with Crippen LogP contribution in [0.15, 0.2) is 42.5 Å². The number of carbonyl (C=O) groups excluding carboxylic acids is 1. The lowest BCUT2D eigenvalue weighted by Gasteiger charge is -2.17. The van der Waals surface area contributed by atoms with E-state index < -0.39 is 17.8 Å². The second-order valence-corrected chi connectivity index (χ2v) is 7.10. The van der Waals surface area contributed by atoms with Crippen LogP contribution in [0.3, 0.4) is 0 Å². The zero-order valence-electron chi connectivity index (χ0n) is 17.7. The Morgan fingerprint density at radius 1 is 1.27 bits per heavy atom. The van der Waals surface area contributed by atoms with Crippen molar-refractivity contribution in [2.45, 2.75) is 52.8 Å². The predicted molar refractivity (Wildman–Crippen MR) is 114 cm³/mol. The first kappa shape index (κ1) is 23.4. The molecule has 6 heteroatoms. The first-order valence-corrected chi connectivity index (χ1v) is 9.96. The average molecular weight is 416 g/mol. The van der Waals surface area contributed by atoms with Crippen LogP contribution in [0.25, 0.3) is 12.2 Å². The number of benzene rings is 1. The number of halogens is 3. The summed E-state index contributed by atoms with van der Waals surface area (Å²) in [5, 5.41) is 4.43.